The van der Waals surface area contributed by atoms with E-state index in [0.29, 0.717) is 0 Å². The molecule has 0 amide bonds. The summed E-state index contributed by atoms with van der Waals surface area (Å²) in [6.07, 6.45) is 0. The average molecular weight is 641 g/mol. The molecule has 0 aliphatic heterocycles. The van der Waals surface area contributed by atoms with Gasteiger partial charge in [0.25, 0.3) is 0 Å². The van der Waals surface area contributed by atoms with Crippen molar-refractivity contribution < 1.29 is 0 Å². The highest BCUT2D eigenvalue weighted by Gasteiger charge is 2.22. The van der Waals surface area contributed by atoms with Crippen LogP contribution >= 0.6 is 0 Å². The van der Waals surface area contributed by atoms with Crippen LogP contribution in [0.1, 0.15) is 33.4 Å². The molecule has 0 aromatic heterocycles. The molecular weight excluding hydrogens is 601 g/mol. The van der Waals surface area contributed by atoms with E-state index in [1.165, 1.54) is 121 Å². The van der Waals surface area contributed by atoms with Gasteiger partial charge in [-0.15, -0.1) is 0 Å². The van der Waals surface area contributed by atoms with Crippen LogP contribution in [0.15, 0.2) is 133 Å². The van der Waals surface area contributed by atoms with Crippen LogP contribution in [-0.2, 0) is 0 Å². The lowest BCUT2D eigenvalue weighted by Gasteiger charge is -2.23. The zero-order valence-electron chi connectivity index (χ0n) is 29.7. The molecular formula is C50H40. The summed E-state index contributed by atoms with van der Waals surface area (Å²) in [5.74, 6) is 0. The largest absolute Gasteiger partial charge is 0.0616 e. The minimum absolute atomic E-state index is 1.24. The van der Waals surface area contributed by atoms with Crippen LogP contribution in [0.3, 0.4) is 0 Å². The third kappa shape index (κ3) is 4.66. The van der Waals surface area contributed by atoms with Crippen molar-refractivity contribution in [3.63, 3.8) is 0 Å². The predicted molar refractivity (Wildman–Crippen MR) is 219 cm³/mol. The van der Waals surface area contributed by atoms with E-state index in [2.05, 4.69) is 175 Å². The maximum absolute atomic E-state index is 2.48. The highest BCUT2D eigenvalue weighted by atomic mass is 14.2. The molecule has 0 aliphatic carbocycles. The first kappa shape index (κ1) is 30.3. The van der Waals surface area contributed by atoms with Crippen molar-refractivity contribution in [3.8, 4) is 33.4 Å². The maximum Gasteiger partial charge on any atom is -0.00208 e. The van der Waals surface area contributed by atoms with E-state index in [9.17, 15) is 0 Å². The molecule has 50 heavy (non-hydrogen) atoms. The molecule has 0 nitrogen and oxygen atoms in total. The van der Waals surface area contributed by atoms with Crippen molar-refractivity contribution in [2.45, 2.75) is 41.5 Å². The van der Waals surface area contributed by atoms with Gasteiger partial charge in [0, 0.05) is 0 Å². The first-order valence-electron chi connectivity index (χ1n) is 17.8. The lowest BCUT2D eigenvalue weighted by molar-refractivity contribution is 1.32. The molecule has 0 aliphatic rings. The normalized spacial score (nSPS) is 11.8. The van der Waals surface area contributed by atoms with Gasteiger partial charge in [0.1, 0.15) is 0 Å². The second-order valence-corrected chi connectivity index (χ2v) is 14.5. The molecule has 0 N–H and O–H groups in total. The summed E-state index contributed by atoms with van der Waals surface area (Å²) in [5, 5.41) is 12.9. The fourth-order valence-electron chi connectivity index (χ4n) is 9.07. The zero-order valence-corrected chi connectivity index (χ0v) is 29.7. The van der Waals surface area contributed by atoms with Gasteiger partial charge < -0.3 is 0 Å². The van der Waals surface area contributed by atoms with E-state index < -0.39 is 0 Å². The first-order valence-corrected chi connectivity index (χ1v) is 17.8. The Bertz CT molecular complexity index is 2820. The van der Waals surface area contributed by atoms with Gasteiger partial charge >= 0.3 is 0 Å². The summed E-state index contributed by atoms with van der Waals surface area (Å²) in [7, 11) is 0. The van der Waals surface area contributed by atoms with Crippen molar-refractivity contribution in [2.24, 2.45) is 0 Å². The van der Waals surface area contributed by atoms with E-state index in [1.54, 1.807) is 0 Å². The van der Waals surface area contributed by atoms with Gasteiger partial charge in [-0.1, -0.05) is 126 Å². The maximum atomic E-state index is 2.48. The number of fused-ring (bicyclic) bond motifs is 6. The topological polar surface area (TPSA) is 0 Å². The lowest BCUT2D eigenvalue weighted by Crippen LogP contribution is -1.98. The number of rotatable bonds is 3. The Hall–Kier alpha value is -5.72. The Morgan fingerprint density at radius 1 is 0.280 bits per heavy atom. The Balaban J connectivity index is 1.41. The fourth-order valence-corrected chi connectivity index (χ4v) is 9.07. The van der Waals surface area contributed by atoms with E-state index in [4.69, 9.17) is 0 Å². The van der Waals surface area contributed by atoms with Gasteiger partial charge in [0.05, 0.1) is 0 Å². The summed E-state index contributed by atoms with van der Waals surface area (Å²) in [4.78, 5) is 0. The molecule has 0 unspecified atom stereocenters. The van der Waals surface area contributed by atoms with Crippen LogP contribution in [0.2, 0.25) is 0 Å². The fraction of sp³-hybridized carbons (Fsp3) is 0.120. The molecule has 0 saturated heterocycles. The van der Waals surface area contributed by atoms with Crippen molar-refractivity contribution in [3.05, 3.63) is 167 Å². The Morgan fingerprint density at radius 3 is 1.40 bits per heavy atom. The molecule has 9 aromatic carbocycles. The smallest absolute Gasteiger partial charge is 0.00208 e. The minimum atomic E-state index is 1.24. The Labute approximate surface area is 294 Å². The van der Waals surface area contributed by atoms with Gasteiger partial charge in [-0.05, 0) is 169 Å². The third-order valence-electron chi connectivity index (χ3n) is 10.9. The van der Waals surface area contributed by atoms with E-state index in [0.717, 1.165) is 0 Å². The van der Waals surface area contributed by atoms with E-state index >= 15 is 0 Å². The first-order chi connectivity index (χ1) is 24.3. The van der Waals surface area contributed by atoms with Gasteiger partial charge in [-0.3, -0.25) is 0 Å². The molecule has 0 saturated carbocycles. The van der Waals surface area contributed by atoms with Crippen molar-refractivity contribution in [2.75, 3.05) is 0 Å². The van der Waals surface area contributed by atoms with E-state index in [1.807, 2.05) is 0 Å². The molecule has 240 valence electrons. The van der Waals surface area contributed by atoms with Crippen LogP contribution in [0.25, 0.3) is 87.2 Å². The van der Waals surface area contributed by atoms with Crippen LogP contribution in [0, 0.1) is 41.5 Å². The number of benzene rings is 9. The van der Waals surface area contributed by atoms with Gasteiger partial charge in [0.15, 0.2) is 0 Å². The molecule has 0 heteroatoms. The predicted octanol–water partition coefficient (Wildman–Crippen LogP) is 14.3. The monoisotopic (exact) mass is 640 g/mol. The van der Waals surface area contributed by atoms with Crippen molar-refractivity contribution in [1.29, 1.82) is 0 Å². The lowest BCUT2D eigenvalue weighted by atomic mass is 9.80. The quantitative estimate of drug-likeness (QED) is 0.133. The Kier molecular flexibility index (Phi) is 6.94. The zero-order chi connectivity index (χ0) is 34.3. The second kappa shape index (κ2) is 11.4. The van der Waals surface area contributed by atoms with E-state index in [-0.39, 0.29) is 0 Å². The van der Waals surface area contributed by atoms with Gasteiger partial charge in [-0.25, -0.2) is 0 Å². The molecule has 9 rings (SSSR count). The Morgan fingerprint density at radius 2 is 0.780 bits per heavy atom. The summed E-state index contributed by atoms with van der Waals surface area (Å²) in [5.41, 5.74) is 15.7. The highest BCUT2D eigenvalue weighted by Crippen LogP contribution is 2.48. The molecule has 0 fully saturated rings. The second-order valence-electron chi connectivity index (χ2n) is 14.5. The molecule has 0 radical (unpaired) electrons. The summed E-state index contributed by atoms with van der Waals surface area (Å²) in [6, 6.07) is 50.5. The molecule has 0 atom stereocenters. The highest BCUT2D eigenvalue weighted by molar-refractivity contribution is 6.23. The van der Waals surface area contributed by atoms with Crippen LogP contribution in [0.5, 0.6) is 0 Å². The summed E-state index contributed by atoms with van der Waals surface area (Å²) >= 11 is 0. The number of hydrogen-bond acceptors (Lipinski definition) is 0. The molecule has 9 aromatic rings. The number of hydrogen-bond donors (Lipinski definition) is 0. The molecule has 0 heterocycles. The van der Waals surface area contributed by atoms with Crippen LogP contribution in [0.4, 0.5) is 0 Å². The SMILES string of the molecule is Cc1cc(C)c(-c2c3ccccc3c(-c3c(C)cc(C)cc3C)c3cc(-c4cccc5c4ccc4cc6ccccc6cc45)ccc23)c(C)c1. The van der Waals surface area contributed by atoms with Crippen molar-refractivity contribution >= 4 is 53.9 Å². The molecule has 0 bridgehead atoms. The minimum Gasteiger partial charge on any atom is -0.0616 e. The average Bonchev–Trinajstić information content (AvgIpc) is 3.10. The molecule has 0 spiro atoms. The third-order valence-corrected chi connectivity index (χ3v) is 10.9. The van der Waals surface area contributed by atoms with Crippen LogP contribution < -0.4 is 0 Å². The van der Waals surface area contributed by atoms with Gasteiger partial charge in [0.2, 0.25) is 0 Å². The standard InChI is InChI=1S/C50H40/c1-29-22-31(3)47(32(4)23-29)49-42-14-9-10-15-43(42)50(48-33(5)24-30(2)25-34(48)6)46-28-38(19-21-44(46)49)39-16-11-17-40-41(39)20-18-37-26-35-12-7-8-13-36(35)27-45(37)40/h7-28H,1-6H3. The number of aryl methyl sites for hydroxylation is 6. The summed E-state index contributed by atoms with van der Waals surface area (Å²) in [6.45, 7) is 13.5. The van der Waals surface area contributed by atoms with Gasteiger partial charge in [-0.2, -0.15) is 0 Å². The summed E-state index contributed by atoms with van der Waals surface area (Å²) < 4.78 is 0. The van der Waals surface area contributed by atoms with Crippen LogP contribution in [-0.4, -0.2) is 0 Å². The van der Waals surface area contributed by atoms with Crippen molar-refractivity contribution in [1.82, 2.24) is 0 Å².